The van der Waals surface area contributed by atoms with Crippen molar-refractivity contribution in [1.82, 2.24) is 15.1 Å². The van der Waals surface area contributed by atoms with Crippen molar-refractivity contribution in [2.75, 3.05) is 11.4 Å². The Bertz CT molecular complexity index is 890. The first-order valence-electron chi connectivity index (χ1n) is 7.08. The molecule has 118 valence electrons. The van der Waals surface area contributed by atoms with Gasteiger partial charge in [0.1, 0.15) is 17.4 Å². The maximum Gasteiger partial charge on any atom is 0.299 e. The fourth-order valence-corrected chi connectivity index (χ4v) is 2.73. The van der Waals surface area contributed by atoms with Crippen LogP contribution in [0, 0.1) is 5.82 Å². The molecular formula is C14H12FN5O3. The number of primary amides is 1. The van der Waals surface area contributed by atoms with Crippen LogP contribution in [0.15, 0.2) is 27.1 Å². The highest BCUT2D eigenvalue weighted by Crippen LogP contribution is 2.36. The van der Waals surface area contributed by atoms with Crippen LogP contribution in [0.25, 0.3) is 11.1 Å². The number of hydrogen-bond acceptors (Lipinski definition) is 7. The zero-order valence-corrected chi connectivity index (χ0v) is 11.9. The smallest absolute Gasteiger partial charge is 0.299 e. The maximum absolute atomic E-state index is 13.3. The Morgan fingerprint density at radius 3 is 3.04 bits per heavy atom. The number of carbonyl (C=O) groups excluding carboxylic acids is 1. The van der Waals surface area contributed by atoms with Crippen molar-refractivity contribution in [3.63, 3.8) is 0 Å². The number of hydrogen-bond donors (Lipinski definition) is 1. The van der Waals surface area contributed by atoms with E-state index in [9.17, 15) is 9.18 Å². The lowest BCUT2D eigenvalue weighted by molar-refractivity contribution is 0.0987. The average Bonchev–Trinajstić information content (AvgIpc) is 3.24. The first-order valence-corrected chi connectivity index (χ1v) is 7.08. The highest BCUT2D eigenvalue weighted by Gasteiger charge is 2.34. The summed E-state index contributed by atoms with van der Waals surface area (Å²) >= 11 is 0. The van der Waals surface area contributed by atoms with E-state index in [-0.39, 0.29) is 23.6 Å². The molecule has 8 nitrogen and oxygen atoms in total. The molecule has 0 bridgehead atoms. The van der Waals surface area contributed by atoms with E-state index in [1.807, 2.05) is 4.90 Å². The van der Waals surface area contributed by atoms with Gasteiger partial charge in [-0.1, -0.05) is 5.16 Å². The fourth-order valence-electron chi connectivity index (χ4n) is 2.73. The first kappa shape index (κ1) is 13.7. The van der Waals surface area contributed by atoms with Gasteiger partial charge < -0.3 is 19.6 Å². The third kappa shape index (κ3) is 2.30. The van der Waals surface area contributed by atoms with Gasteiger partial charge in [0.15, 0.2) is 5.58 Å². The number of amides is 1. The van der Waals surface area contributed by atoms with Crippen molar-refractivity contribution in [3.8, 4) is 0 Å². The normalized spacial score (nSPS) is 18.0. The van der Waals surface area contributed by atoms with Gasteiger partial charge in [-0.3, -0.25) is 4.79 Å². The van der Waals surface area contributed by atoms with Crippen molar-refractivity contribution in [1.29, 1.82) is 0 Å². The molecule has 2 aromatic heterocycles. The molecule has 0 aliphatic carbocycles. The number of fused-ring (bicyclic) bond motifs is 1. The Morgan fingerprint density at radius 2 is 2.26 bits per heavy atom. The van der Waals surface area contributed by atoms with E-state index >= 15 is 0 Å². The van der Waals surface area contributed by atoms with Gasteiger partial charge in [-0.25, -0.2) is 4.39 Å². The SMILES string of the molecule is NC(=O)c1noc([C@@H]2CCCN2c2nc3cc(F)ccc3o2)n1. The second kappa shape index (κ2) is 5.04. The monoisotopic (exact) mass is 317 g/mol. The zero-order chi connectivity index (χ0) is 16.0. The Hall–Kier alpha value is -2.97. The van der Waals surface area contributed by atoms with Gasteiger partial charge in [-0.2, -0.15) is 9.97 Å². The molecule has 1 amide bonds. The average molecular weight is 317 g/mol. The van der Waals surface area contributed by atoms with Crippen LogP contribution in [0.5, 0.6) is 0 Å². The van der Waals surface area contributed by atoms with Gasteiger partial charge in [0.2, 0.25) is 5.89 Å². The number of oxazole rings is 1. The molecular weight excluding hydrogens is 305 g/mol. The molecule has 3 aromatic rings. The molecule has 1 saturated heterocycles. The molecule has 1 aliphatic rings. The van der Waals surface area contributed by atoms with Crippen LogP contribution in [0.4, 0.5) is 10.4 Å². The number of aromatic nitrogens is 3. The Morgan fingerprint density at radius 1 is 1.39 bits per heavy atom. The minimum Gasteiger partial charge on any atom is -0.423 e. The quantitative estimate of drug-likeness (QED) is 0.783. The molecule has 3 heterocycles. The molecule has 1 aromatic carbocycles. The van der Waals surface area contributed by atoms with Crippen molar-refractivity contribution < 1.29 is 18.1 Å². The van der Waals surface area contributed by atoms with Crippen LogP contribution in [0.3, 0.4) is 0 Å². The van der Waals surface area contributed by atoms with Gasteiger partial charge in [-0.15, -0.1) is 0 Å². The van der Waals surface area contributed by atoms with Crippen molar-refractivity contribution in [3.05, 3.63) is 35.7 Å². The molecule has 1 aliphatic heterocycles. The van der Waals surface area contributed by atoms with Gasteiger partial charge >= 0.3 is 0 Å². The van der Waals surface area contributed by atoms with Crippen LogP contribution in [0.1, 0.15) is 35.4 Å². The van der Waals surface area contributed by atoms with Gasteiger partial charge in [0, 0.05) is 12.6 Å². The lowest BCUT2D eigenvalue weighted by Crippen LogP contribution is -2.23. The summed E-state index contributed by atoms with van der Waals surface area (Å²) in [4.78, 5) is 21.3. The molecule has 1 atom stereocenters. The predicted molar refractivity (Wildman–Crippen MR) is 76.1 cm³/mol. The van der Waals surface area contributed by atoms with Crippen molar-refractivity contribution >= 4 is 23.0 Å². The van der Waals surface area contributed by atoms with Crippen LogP contribution < -0.4 is 10.6 Å². The number of anilines is 1. The number of carbonyl (C=O) groups is 1. The highest BCUT2D eigenvalue weighted by atomic mass is 19.1. The van der Waals surface area contributed by atoms with E-state index in [0.717, 1.165) is 12.8 Å². The Labute approximate surface area is 129 Å². The van der Waals surface area contributed by atoms with Crippen molar-refractivity contribution in [2.45, 2.75) is 18.9 Å². The van der Waals surface area contributed by atoms with E-state index in [2.05, 4.69) is 15.1 Å². The van der Waals surface area contributed by atoms with Crippen molar-refractivity contribution in [2.24, 2.45) is 5.73 Å². The zero-order valence-electron chi connectivity index (χ0n) is 11.9. The number of nitrogens with two attached hydrogens (primary N) is 1. The number of benzene rings is 1. The molecule has 23 heavy (non-hydrogen) atoms. The second-order valence-electron chi connectivity index (χ2n) is 5.28. The number of rotatable bonds is 3. The predicted octanol–water partition coefficient (Wildman–Crippen LogP) is 1.79. The van der Waals surface area contributed by atoms with E-state index in [0.29, 0.717) is 23.7 Å². The Balaban J connectivity index is 1.69. The minimum absolute atomic E-state index is 0.161. The summed E-state index contributed by atoms with van der Waals surface area (Å²) in [6.07, 6.45) is 1.61. The summed E-state index contributed by atoms with van der Waals surface area (Å²) in [5.74, 6) is -1.00. The summed E-state index contributed by atoms with van der Waals surface area (Å²) in [5, 5.41) is 3.55. The van der Waals surface area contributed by atoms with E-state index < -0.39 is 5.91 Å². The molecule has 0 unspecified atom stereocenters. The molecule has 0 spiro atoms. The molecule has 9 heteroatoms. The third-order valence-electron chi connectivity index (χ3n) is 3.78. The summed E-state index contributed by atoms with van der Waals surface area (Å²) in [7, 11) is 0. The molecule has 4 rings (SSSR count). The molecule has 0 saturated carbocycles. The molecule has 0 radical (unpaired) electrons. The molecule has 1 fully saturated rings. The lowest BCUT2D eigenvalue weighted by atomic mass is 10.2. The number of nitrogens with zero attached hydrogens (tertiary/aromatic N) is 4. The second-order valence-corrected chi connectivity index (χ2v) is 5.28. The van der Waals surface area contributed by atoms with E-state index in [4.69, 9.17) is 14.7 Å². The van der Waals surface area contributed by atoms with Gasteiger partial charge in [0.25, 0.3) is 17.7 Å². The Kier molecular flexibility index (Phi) is 3.00. The summed E-state index contributed by atoms with van der Waals surface area (Å²) < 4.78 is 24.1. The number of halogens is 1. The van der Waals surface area contributed by atoms with Gasteiger partial charge in [0.05, 0.1) is 0 Å². The topological polar surface area (TPSA) is 111 Å². The van der Waals surface area contributed by atoms with Gasteiger partial charge in [-0.05, 0) is 25.0 Å². The molecule has 2 N–H and O–H groups in total. The summed E-state index contributed by atoms with van der Waals surface area (Å²) in [6, 6.07) is 4.26. The van der Waals surface area contributed by atoms with Crippen LogP contribution in [-0.2, 0) is 0 Å². The highest BCUT2D eigenvalue weighted by molar-refractivity contribution is 5.88. The summed E-state index contributed by atoms with van der Waals surface area (Å²) in [5.41, 5.74) is 6.07. The van der Waals surface area contributed by atoms with Crippen LogP contribution >= 0.6 is 0 Å². The van der Waals surface area contributed by atoms with E-state index in [1.54, 1.807) is 0 Å². The first-order chi connectivity index (χ1) is 11.1. The summed E-state index contributed by atoms with van der Waals surface area (Å²) in [6.45, 7) is 0.675. The minimum atomic E-state index is -0.748. The van der Waals surface area contributed by atoms with Crippen LogP contribution in [0.2, 0.25) is 0 Å². The third-order valence-corrected chi connectivity index (χ3v) is 3.78. The largest absolute Gasteiger partial charge is 0.423 e. The lowest BCUT2D eigenvalue weighted by Gasteiger charge is -2.18. The van der Waals surface area contributed by atoms with Crippen LogP contribution in [-0.4, -0.2) is 27.6 Å². The fraction of sp³-hybridized carbons (Fsp3) is 0.286. The standard InChI is InChI=1S/C14H12FN5O3/c15-7-3-4-10-8(6-7)17-14(22-10)20-5-1-2-9(20)13-18-12(11(16)21)19-23-13/h3-4,6,9H,1-2,5H2,(H2,16,21)/t9-/m0/s1. The maximum atomic E-state index is 13.3. The van der Waals surface area contributed by atoms with E-state index in [1.165, 1.54) is 18.2 Å².